The molecule has 2 aromatic carbocycles. The maximum absolute atomic E-state index is 12.4. The van der Waals surface area contributed by atoms with Crippen molar-refractivity contribution in [3.63, 3.8) is 0 Å². The molecule has 0 atom stereocenters. The van der Waals surface area contributed by atoms with Crippen LogP contribution >= 0.6 is 11.8 Å². The van der Waals surface area contributed by atoms with Gasteiger partial charge in [-0.2, -0.15) is 0 Å². The Morgan fingerprint density at radius 2 is 1.92 bits per heavy atom. The molecule has 2 aromatic rings. The minimum atomic E-state index is -1.25. The first-order valence-electron chi connectivity index (χ1n) is 7.56. The molecule has 0 spiro atoms. The summed E-state index contributed by atoms with van der Waals surface area (Å²) in [6.07, 6.45) is 1.55. The van der Waals surface area contributed by atoms with E-state index in [0.717, 1.165) is 10.8 Å². The van der Waals surface area contributed by atoms with Crippen molar-refractivity contribution in [2.24, 2.45) is 0 Å². The Kier molecular flexibility index (Phi) is 4.85. The van der Waals surface area contributed by atoms with E-state index >= 15 is 0 Å². The number of imide groups is 1. The molecule has 26 heavy (non-hydrogen) atoms. The number of carboxylic acids is 1. The smallest absolute Gasteiger partial charge is 0.323 e. The number of aliphatic carboxylic acids is 1. The Hall–Kier alpha value is -3.00. The number of benzene rings is 2. The molecular weight excluding hydrogens is 358 g/mol. The summed E-state index contributed by atoms with van der Waals surface area (Å²) >= 11 is 0.705. The van der Waals surface area contributed by atoms with Crippen molar-refractivity contribution in [1.29, 1.82) is 0 Å². The maximum atomic E-state index is 12.4. The van der Waals surface area contributed by atoms with Crippen LogP contribution in [0.4, 0.5) is 4.79 Å². The summed E-state index contributed by atoms with van der Waals surface area (Å²) in [5.41, 5.74) is 0.615. The van der Waals surface area contributed by atoms with Crippen molar-refractivity contribution in [3.05, 3.63) is 40.8 Å². The van der Waals surface area contributed by atoms with E-state index in [9.17, 15) is 14.4 Å². The van der Waals surface area contributed by atoms with Gasteiger partial charge in [0.2, 0.25) is 0 Å². The molecule has 0 radical (unpaired) electrons. The fourth-order valence-corrected chi connectivity index (χ4v) is 3.48. The summed E-state index contributed by atoms with van der Waals surface area (Å²) in [7, 11) is 3.06. The van der Waals surface area contributed by atoms with Gasteiger partial charge in [-0.25, -0.2) is 0 Å². The first kappa shape index (κ1) is 17.8. The van der Waals surface area contributed by atoms with Crippen LogP contribution < -0.4 is 9.47 Å². The van der Waals surface area contributed by atoms with Crippen LogP contribution in [0.2, 0.25) is 0 Å². The number of nitrogens with zero attached hydrogens (tertiary/aromatic N) is 1. The van der Waals surface area contributed by atoms with Gasteiger partial charge in [0.05, 0.1) is 19.1 Å². The van der Waals surface area contributed by atoms with Crippen LogP contribution in [0, 0.1) is 0 Å². The highest BCUT2D eigenvalue weighted by atomic mass is 32.2. The van der Waals surface area contributed by atoms with E-state index in [2.05, 4.69) is 0 Å². The van der Waals surface area contributed by atoms with Crippen LogP contribution in [-0.2, 0) is 9.59 Å². The summed E-state index contributed by atoms with van der Waals surface area (Å²) < 4.78 is 10.7. The molecule has 1 saturated heterocycles. The first-order chi connectivity index (χ1) is 12.4. The SMILES string of the molecule is COc1ccc2ccc(OC)c(/C=C3/SC(=O)N(CC(=O)O)C3=O)c2c1. The van der Waals surface area contributed by atoms with E-state index in [1.54, 1.807) is 19.3 Å². The predicted octanol–water partition coefficient (Wildman–Crippen LogP) is 2.98. The van der Waals surface area contributed by atoms with Crippen molar-refractivity contribution < 1.29 is 29.0 Å². The normalized spacial score (nSPS) is 15.8. The van der Waals surface area contributed by atoms with E-state index in [1.165, 1.54) is 7.11 Å². The third kappa shape index (κ3) is 3.23. The van der Waals surface area contributed by atoms with Crippen LogP contribution in [0.25, 0.3) is 16.8 Å². The Bertz CT molecular complexity index is 947. The fourth-order valence-electron chi connectivity index (χ4n) is 2.66. The van der Waals surface area contributed by atoms with E-state index in [4.69, 9.17) is 14.6 Å². The highest BCUT2D eigenvalue weighted by Crippen LogP contribution is 2.37. The lowest BCUT2D eigenvalue weighted by Gasteiger charge is -2.11. The van der Waals surface area contributed by atoms with Gasteiger partial charge in [0, 0.05) is 5.56 Å². The quantitative estimate of drug-likeness (QED) is 0.805. The van der Waals surface area contributed by atoms with Gasteiger partial charge in [-0.1, -0.05) is 12.1 Å². The third-order valence-electron chi connectivity index (χ3n) is 3.89. The van der Waals surface area contributed by atoms with E-state index in [-0.39, 0.29) is 4.91 Å². The van der Waals surface area contributed by atoms with Gasteiger partial charge >= 0.3 is 5.97 Å². The van der Waals surface area contributed by atoms with Crippen LogP contribution in [0.3, 0.4) is 0 Å². The monoisotopic (exact) mass is 373 g/mol. The molecular formula is C18H15NO6S. The molecule has 3 rings (SSSR count). The molecule has 8 heteroatoms. The maximum Gasteiger partial charge on any atom is 0.323 e. The zero-order chi connectivity index (χ0) is 18.8. The zero-order valence-electron chi connectivity index (χ0n) is 14.0. The lowest BCUT2D eigenvalue weighted by atomic mass is 10.0. The number of hydrogen-bond donors (Lipinski definition) is 1. The number of methoxy groups -OCH3 is 2. The van der Waals surface area contributed by atoms with E-state index in [1.807, 2.05) is 24.3 Å². The van der Waals surface area contributed by atoms with E-state index in [0.29, 0.717) is 33.7 Å². The fraction of sp³-hybridized carbons (Fsp3) is 0.167. The second-order valence-corrected chi connectivity index (χ2v) is 6.42. The van der Waals surface area contributed by atoms with Crippen molar-refractivity contribution in [1.82, 2.24) is 4.90 Å². The molecule has 1 aliphatic heterocycles. The number of rotatable bonds is 5. The topological polar surface area (TPSA) is 93.1 Å². The molecule has 7 nitrogen and oxygen atoms in total. The summed E-state index contributed by atoms with van der Waals surface area (Å²) in [6.45, 7) is -0.664. The third-order valence-corrected chi connectivity index (χ3v) is 4.80. The van der Waals surface area contributed by atoms with Crippen LogP contribution in [-0.4, -0.2) is 47.9 Å². The second-order valence-electron chi connectivity index (χ2n) is 5.43. The largest absolute Gasteiger partial charge is 0.497 e. The molecule has 1 N–H and O–H groups in total. The molecule has 1 aliphatic rings. The van der Waals surface area contributed by atoms with Crippen molar-refractivity contribution in [3.8, 4) is 11.5 Å². The lowest BCUT2D eigenvalue weighted by molar-refractivity contribution is -0.140. The van der Waals surface area contributed by atoms with Crippen LogP contribution in [0.15, 0.2) is 35.2 Å². The summed E-state index contributed by atoms with van der Waals surface area (Å²) in [5, 5.41) is 9.94. The zero-order valence-corrected chi connectivity index (χ0v) is 14.8. The lowest BCUT2D eigenvalue weighted by Crippen LogP contribution is -2.33. The van der Waals surface area contributed by atoms with Gasteiger partial charge in [0.1, 0.15) is 18.0 Å². The van der Waals surface area contributed by atoms with Gasteiger partial charge in [-0.3, -0.25) is 19.3 Å². The first-order valence-corrected chi connectivity index (χ1v) is 8.38. The number of amides is 2. The predicted molar refractivity (Wildman–Crippen MR) is 97.4 cm³/mol. The van der Waals surface area contributed by atoms with Crippen LogP contribution in [0.1, 0.15) is 5.56 Å². The minimum Gasteiger partial charge on any atom is -0.497 e. The number of thioether (sulfide) groups is 1. The number of fused-ring (bicyclic) bond motifs is 1. The molecule has 0 unspecified atom stereocenters. The molecule has 134 valence electrons. The van der Waals surface area contributed by atoms with Crippen molar-refractivity contribution in [2.75, 3.05) is 20.8 Å². The number of ether oxygens (including phenoxy) is 2. The number of carbonyl (C=O) groups excluding carboxylic acids is 2. The van der Waals surface area contributed by atoms with Crippen molar-refractivity contribution >= 4 is 45.7 Å². The molecule has 1 heterocycles. The Balaban J connectivity index is 2.12. The average molecular weight is 373 g/mol. The standard InChI is InChI=1S/C18H15NO6S/c1-24-11-5-3-10-4-6-14(25-2)13(12(10)7-11)8-15-17(22)19(9-16(20)21)18(23)26-15/h3-8H,9H2,1-2H3,(H,20,21)/b15-8+. The Labute approximate surface area is 153 Å². The summed E-state index contributed by atoms with van der Waals surface area (Å²) in [6, 6.07) is 9.15. The van der Waals surface area contributed by atoms with Crippen molar-refractivity contribution in [2.45, 2.75) is 0 Å². The molecule has 0 aliphatic carbocycles. The van der Waals surface area contributed by atoms with Gasteiger partial charge in [0.25, 0.3) is 11.1 Å². The van der Waals surface area contributed by atoms with Gasteiger partial charge in [-0.15, -0.1) is 0 Å². The highest BCUT2D eigenvalue weighted by Gasteiger charge is 2.36. The molecule has 2 amide bonds. The van der Waals surface area contributed by atoms with Crippen LogP contribution in [0.5, 0.6) is 11.5 Å². The Morgan fingerprint density at radius 1 is 1.19 bits per heavy atom. The molecule has 0 aromatic heterocycles. The molecule has 0 saturated carbocycles. The van der Waals surface area contributed by atoms with E-state index < -0.39 is 23.7 Å². The highest BCUT2D eigenvalue weighted by molar-refractivity contribution is 8.18. The number of carbonyl (C=O) groups is 3. The average Bonchev–Trinajstić information content (AvgIpc) is 2.88. The van der Waals surface area contributed by atoms with Gasteiger partial charge in [0.15, 0.2) is 0 Å². The van der Waals surface area contributed by atoms with Gasteiger partial charge < -0.3 is 14.6 Å². The summed E-state index contributed by atoms with van der Waals surface area (Å²) in [5.74, 6) is -0.722. The second kappa shape index (κ2) is 7.09. The number of carboxylic acid groups (broad SMARTS) is 1. The Morgan fingerprint density at radius 3 is 2.58 bits per heavy atom. The van der Waals surface area contributed by atoms with Gasteiger partial charge in [-0.05, 0) is 46.8 Å². The molecule has 1 fully saturated rings. The minimum absolute atomic E-state index is 0.143. The summed E-state index contributed by atoms with van der Waals surface area (Å²) in [4.78, 5) is 36.1. The molecule has 0 bridgehead atoms. The number of hydrogen-bond acceptors (Lipinski definition) is 6.